The Morgan fingerprint density at radius 1 is 1.47 bits per heavy atom. The van der Waals surface area contributed by atoms with Crippen molar-refractivity contribution in [1.82, 2.24) is 0 Å². The zero-order valence-corrected chi connectivity index (χ0v) is 12.1. The molecule has 1 aliphatic carbocycles. The summed E-state index contributed by atoms with van der Waals surface area (Å²) in [5.74, 6) is 0.175. The van der Waals surface area contributed by atoms with Gasteiger partial charge in [0, 0.05) is 18.3 Å². The zero-order chi connectivity index (χ0) is 14.0. The molecule has 2 unspecified atom stereocenters. The van der Waals surface area contributed by atoms with Crippen molar-refractivity contribution in [3.8, 4) is 0 Å². The smallest absolute Gasteiger partial charge is 0.234 e. The van der Waals surface area contributed by atoms with Crippen LogP contribution in [-0.2, 0) is 4.79 Å². The van der Waals surface area contributed by atoms with Crippen LogP contribution in [0.5, 0.6) is 0 Å². The van der Waals surface area contributed by atoms with E-state index >= 15 is 0 Å². The van der Waals surface area contributed by atoms with Gasteiger partial charge in [0.2, 0.25) is 5.91 Å². The van der Waals surface area contributed by atoms with Crippen molar-refractivity contribution < 1.29 is 4.79 Å². The number of anilines is 1. The second kappa shape index (κ2) is 5.33. The summed E-state index contributed by atoms with van der Waals surface area (Å²) in [5, 5.41) is 0. The third kappa shape index (κ3) is 2.39. The second-order valence-corrected chi connectivity index (χ2v) is 5.75. The van der Waals surface area contributed by atoms with Crippen molar-refractivity contribution >= 4 is 11.6 Å². The summed E-state index contributed by atoms with van der Waals surface area (Å²) in [6, 6.07) is 8.02. The third-order valence-electron chi connectivity index (χ3n) is 4.49. The first-order valence-corrected chi connectivity index (χ1v) is 7.14. The minimum Gasteiger partial charge on any atom is -0.327 e. The lowest BCUT2D eigenvalue weighted by molar-refractivity contribution is -0.127. The zero-order valence-electron chi connectivity index (χ0n) is 12.1. The minimum absolute atomic E-state index is 0.0157. The molecule has 1 aromatic carbocycles. The molecule has 0 saturated heterocycles. The van der Waals surface area contributed by atoms with Crippen molar-refractivity contribution in [2.45, 2.75) is 46.1 Å². The van der Waals surface area contributed by atoms with Gasteiger partial charge in [0.25, 0.3) is 0 Å². The lowest BCUT2D eigenvalue weighted by Gasteiger charge is -2.34. The van der Waals surface area contributed by atoms with E-state index in [-0.39, 0.29) is 11.9 Å². The minimum atomic E-state index is -0.404. The number of benzene rings is 1. The van der Waals surface area contributed by atoms with Gasteiger partial charge in [0.05, 0.1) is 5.41 Å². The third-order valence-corrected chi connectivity index (χ3v) is 4.49. The van der Waals surface area contributed by atoms with Gasteiger partial charge >= 0.3 is 0 Å². The number of aryl methyl sites for hydroxylation is 1. The molecule has 1 aliphatic rings. The fraction of sp³-hybridized carbons (Fsp3) is 0.562. The molecule has 3 heteroatoms. The Morgan fingerprint density at radius 2 is 2.16 bits per heavy atom. The highest BCUT2D eigenvalue weighted by molar-refractivity contribution is 5.98. The van der Waals surface area contributed by atoms with Crippen LogP contribution in [-0.4, -0.2) is 18.5 Å². The van der Waals surface area contributed by atoms with Crippen LogP contribution >= 0.6 is 0 Å². The van der Waals surface area contributed by atoms with Crippen LogP contribution in [0.3, 0.4) is 0 Å². The Kier molecular flexibility index (Phi) is 3.95. The highest BCUT2D eigenvalue weighted by Crippen LogP contribution is 2.39. The van der Waals surface area contributed by atoms with E-state index in [1.54, 1.807) is 0 Å². The van der Waals surface area contributed by atoms with Crippen molar-refractivity contribution in [1.29, 1.82) is 0 Å². The van der Waals surface area contributed by atoms with Crippen LogP contribution in [0, 0.1) is 12.3 Å². The fourth-order valence-corrected chi connectivity index (χ4v) is 3.06. The molecule has 104 valence electrons. The Bertz CT molecular complexity index is 472. The summed E-state index contributed by atoms with van der Waals surface area (Å²) in [4.78, 5) is 14.8. The van der Waals surface area contributed by atoms with Gasteiger partial charge in [-0.25, -0.2) is 0 Å². The molecule has 19 heavy (non-hydrogen) atoms. The predicted molar refractivity (Wildman–Crippen MR) is 79.1 cm³/mol. The van der Waals surface area contributed by atoms with Gasteiger partial charge in [-0.2, -0.15) is 0 Å². The van der Waals surface area contributed by atoms with Crippen molar-refractivity contribution in [3.05, 3.63) is 29.8 Å². The highest BCUT2D eigenvalue weighted by atomic mass is 16.2. The molecule has 1 amide bonds. The van der Waals surface area contributed by atoms with Gasteiger partial charge in [-0.1, -0.05) is 24.6 Å². The predicted octanol–water partition coefficient (Wildman–Crippen LogP) is 2.87. The standard InChI is InChI=1S/C16H24N2O/c1-4-18(13-9-6-5-8-12(13)2)15(19)16(3)11-7-10-14(16)17/h5-6,8-9,14H,4,7,10-11,17H2,1-3H3. The summed E-state index contributed by atoms with van der Waals surface area (Å²) in [6.45, 7) is 6.77. The van der Waals surface area contributed by atoms with E-state index in [0.29, 0.717) is 6.54 Å². The Balaban J connectivity index is 2.33. The maximum absolute atomic E-state index is 12.9. The lowest BCUT2D eigenvalue weighted by Crippen LogP contribution is -2.49. The van der Waals surface area contributed by atoms with Gasteiger partial charge in [0.15, 0.2) is 0 Å². The van der Waals surface area contributed by atoms with Crippen molar-refractivity contribution in [2.24, 2.45) is 11.1 Å². The number of hydrogen-bond donors (Lipinski definition) is 1. The molecule has 0 aromatic heterocycles. The average molecular weight is 260 g/mol. The molecule has 0 bridgehead atoms. The van der Waals surface area contributed by atoms with E-state index in [0.717, 1.165) is 30.5 Å². The van der Waals surface area contributed by atoms with Gasteiger partial charge in [-0.3, -0.25) is 4.79 Å². The quantitative estimate of drug-likeness (QED) is 0.908. The summed E-state index contributed by atoms with van der Waals surface area (Å²) in [7, 11) is 0. The summed E-state index contributed by atoms with van der Waals surface area (Å²) >= 11 is 0. The van der Waals surface area contributed by atoms with Gasteiger partial charge in [0.1, 0.15) is 0 Å². The summed E-state index contributed by atoms with van der Waals surface area (Å²) in [6.07, 6.45) is 2.90. The number of para-hydroxylation sites is 1. The van der Waals surface area contributed by atoms with Crippen LogP contribution in [0.2, 0.25) is 0 Å². The van der Waals surface area contributed by atoms with Crippen molar-refractivity contribution in [3.63, 3.8) is 0 Å². The van der Waals surface area contributed by atoms with Gasteiger partial charge in [-0.15, -0.1) is 0 Å². The second-order valence-electron chi connectivity index (χ2n) is 5.75. The van der Waals surface area contributed by atoms with E-state index in [9.17, 15) is 4.79 Å². The van der Waals surface area contributed by atoms with Gasteiger partial charge < -0.3 is 10.6 Å². The molecular weight excluding hydrogens is 236 g/mol. The van der Waals surface area contributed by atoms with Crippen LogP contribution in [0.15, 0.2) is 24.3 Å². The molecule has 3 nitrogen and oxygen atoms in total. The highest BCUT2D eigenvalue weighted by Gasteiger charge is 2.45. The molecule has 0 aliphatic heterocycles. The number of carbonyl (C=O) groups excluding carboxylic acids is 1. The maximum atomic E-state index is 12.9. The number of rotatable bonds is 3. The summed E-state index contributed by atoms with van der Waals surface area (Å²) in [5.41, 5.74) is 7.91. The molecule has 2 rings (SSSR count). The van der Waals surface area contributed by atoms with Crippen LogP contribution in [0.25, 0.3) is 0 Å². The first-order valence-electron chi connectivity index (χ1n) is 7.14. The van der Waals surface area contributed by atoms with E-state index < -0.39 is 5.41 Å². The van der Waals surface area contributed by atoms with E-state index in [1.807, 2.05) is 49.9 Å². The van der Waals surface area contributed by atoms with Crippen LogP contribution in [0.1, 0.15) is 38.7 Å². The molecule has 0 spiro atoms. The van der Waals surface area contributed by atoms with Crippen LogP contribution in [0.4, 0.5) is 5.69 Å². The van der Waals surface area contributed by atoms with E-state index in [2.05, 4.69) is 0 Å². The lowest BCUT2D eigenvalue weighted by atomic mass is 9.83. The largest absolute Gasteiger partial charge is 0.327 e. The first kappa shape index (κ1) is 14.1. The number of nitrogens with two attached hydrogens (primary N) is 1. The Hall–Kier alpha value is -1.35. The Morgan fingerprint density at radius 3 is 2.68 bits per heavy atom. The monoisotopic (exact) mass is 260 g/mol. The van der Waals surface area contributed by atoms with Gasteiger partial charge in [-0.05, 0) is 45.2 Å². The number of carbonyl (C=O) groups is 1. The first-order chi connectivity index (χ1) is 9.00. The summed E-state index contributed by atoms with van der Waals surface area (Å²) < 4.78 is 0. The molecule has 1 saturated carbocycles. The van der Waals surface area contributed by atoms with E-state index in [4.69, 9.17) is 5.73 Å². The molecule has 1 fully saturated rings. The van der Waals surface area contributed by atoms with Crippen LogP contribution < -0.4 is 10.6 Å². The molecule has 2 N–H and O–H groups in total. The SMILES string of the molecule is CCN(C(=O)C1(C)CCCC1N)c1ccccc1C. The maximum Gasteiger partial charge on any atom is 0.234 e. The topological polar surface area (TPSA) is 46.3 Å². The number of nitrogens with zero attached hydrogens (tertiary/aromatic N) is 1. The van der Waals surface area contributed by atoms with E-state index in [1.165, 1.54) is 0 Å². The molecule has 0 radical (unpaired) electrons. The molecule has 2 atom stereocenters. The average Bonchev–Trinajstić information content (AvgIpc) is 2.74. The number of amides is 1. The van der Waals surface area contributed by atoms with Crippen molar-refractivity contribution in [2.75, 3.05) is 11.4 Å². The Labute approximate surface area is 115 Å². The fourth-order valence-electron chi connectivity index (χ4n) is 3.06. The molecular formula is C16H24N2O. The normalized spacial score (nSPS) is 26.4. The number of hydrogen-bond acceptors (Lipinski definition) is 2. The molecule has 1 aromatic rings. The molecule has 0 heterocycles.